The van der Waals surface area contributed by atoms with E-state index in [1.165, 1.54) is 0 Å². The van der Waals surface area contributed by atoms with Crippen LogP contribution in [0.25, 0.3) is 0 Å². The number of rotatable bonds is 2. The molecule has 0 radical (unpaired) electrons. The minimum absolute atomic E-state index is 0.269. The van der Waals surface area contributed by atoms with E-state index in [2.05, 4.69) is 15.9 Å². The third kappa shape index (κ3) is 1.92. The molecule has 78 valence electrons. The van der Waals surface area contributed by atoms with Gasteiger partial charge in [0, 0.05) is 12.1 Å². The lowest BCUT2D eigenvalue weighted by Crippen LogP contribution is -2.14. The highest BCUT2D eigenvalue weighted by Gasteiger charge is 2.20. The Morgan fingerprint density at radius 3 is 2.43 bits per heavy atom. The molecular formula is C8H7BrF3NO. The van der Waals surface area contributed by atoms with Crippen LogP contribution >= 0.6 is 15.9 Å². The van der Waals surface area contributed by atoms with E-state index in [1.807, 2.05) is 0 Å². The number of halogens is 4. The first kappa shape index (κ1) is 11.5. The van der Waals surface area contributed by atoms with Gasteiger partial charge in [-0.1, -0.05) is 0 Å². The number of nitrogens with two attached hydrogens (primary N) is 1. The first-order chi connectivity index (χ1) is 6.49. The fourth-order valence-corrected chi connectivity index (χ4v) is 1.38. The molecule has 0 fully saturated rings. The molecule has 0 saturated heterocycles. The molecular weight excluding hydrogens is 263 g/mol. The maximum absolute atomic E-state index is 13.2. The van der Waals surface area contributed by atoms with Gasteiger partial charge in [-0.3, -0.25) is 0 Å². The van der Waals surface area contributed by atoms with Crippen molar-refractivity contribution in [2.24, 2.45) is 5.73 Å². The molecule has 0 saturated carbocycles. The Labute approximate surface area is 86.7 Å². The maximum Gasteiger partial charge on any atom is 0.175 e. The Morgan fingerprint density at radius 1 is 1.36 bits per heavy atom. The van der Waals surface area contributed by atoms with Gasteiger partial charge in [-0.05, 0) is 22.0 Å². The summed E-state index contributed by atoms with van der Waals surface area (Å²) in [5.41, 5.74) is 4.70. The molecule has 1 unspecified atom stereocenters. The van der Waals surface area contributed by atoms with Crippen LogP contribution in [0.1, 0.15) is 11.7 Å². The Hall–Kier alpha value is -0.590. The highest BCUT2D eigenvalue weighted by molar-refractivity contribution is 9.10. The monoisotopic (exact) mass is 269 g/mol. The second-order valence-corrected chi connectivity index (χ2v) is 3.43. The average Bonchev–Trinajstić information content (AvgIpc) is 2.19. The van der Waals surface area contributed by atoms with Crippen molar-refractivity contribution in [2.75, 3.05) is 6.54 Å². The number of hydrogen-bond acceptors (Lipinski definition) is 2. The van der Waals surface area contributed by atoms with Gasteiger partial charge < -0.3 is 10.8 Å². The van der Waals surface area contributed by atoms with Crippen LogP contribution < -0.4 is 5.73 Å². The lowest BCUT2D eigenvalue weighted by atomic mass is 10.1. The van der Waals surface area contributed by atoms with Gasteiger partial charge >= 0.3 is 0 Å². The molecule has 6 heteroatoms. The number of aliphatic hydroxyl groups excluding tert-OH is 1. The van der Waals surface area contributed by atoms with Crippen molar-refractivity contribution in [3.63, 3.8) is 0 Å². The molecule has 1 rings (SSSR count). The quantitative estimate of drug-likeness (QED) is 0.636. The van der Waals surface area contributed by atoms with Crippen LogP contribution in [0.2, 0.25) is 0 Å². The van der Waals surface area contributed by atoms with Crippen molar-refractivity contribution in [3.8, 4) is 0 Å². The van der Waals surface area contributed by atoms with Crippen LogP contribution in [-0.4, -0.2) is 11.7 Å². The van der Waals surface area contributed by atoms with E-state index in [4.69, 9.17) is 5.73 Å². The normalized spacial score (nSPS) is 13.0. The largest absolute Gasteiger partial charge is 0.387 e. The standard InChI is InChI=1S/C8H7BrF3NO/c9-6-7(11)3(5(14)2-13)1-4(10)8(6)12/h1,5,14H,2,13H2. The summed E-state index contributed by atoms with van der Waals surface area (Å²) in [5, 5.41) is 9.17. The molecule has 1 atom stereocenters. The number of aliphatic hydroxyl groups is 1. The molecule has 0 aliphatic rings. The van der Waals surface area contributed by atoms with Crippen molar-refractivity contribution in [2.45, 2.75) is 6.10 Å². The first-order valence-electron chi connectivity index (χ1n) is 3.70. The predicted octanol–water partition coefficient (Wildman–Crippen LogP) is 1.86. The Kier molecular flexibility index (Phi) is 3.52. The zero-order valence-corrected chi connectivity index (χ0v) is 8.48. The molecule has 1 aromatic rings. The van der Waals surface area contributed by atoms with E-state index in [-0.39, 0.29) is 12.1 Å². The second kappa shape index (κ2) is 4.29. The van der Waals surface area contributed by atoms with Gasteiger partial charge in [-0.25, -0.2) is 13.2 Å². The molecule has 3 N–H and O–H groups in total. The van der Waals surface area contributed by atoms with Gasteiger partial charge in [0.15, 0.2) is 11.6 Å². The van der Waals surface area contributed by atoms with E-state index >= 15 is 0 Å². The van der Waals surface area contributed by atoms with Crippen LogP contribution in [-0.2, 0) is 0 Å². The molecule has 1 aromatic carbocycles. The first-order valence-corrected chi connectivity index (χ1v) is 4.49. The highest BCUT2D eigenvalue weighted by atomic mass is 79.9. The SMILES string of the molecule is NCC(O)c1cc(F)c(F)c(Br)c1F. The molecule has 2 nitrogen and oxygen atoms in total. The highest BCUT2D eigenvalue weighted by Crippen LogP contribution is 2.28. The van der Waals surface area contributed by atoms with Gasteiger partial charge in [0.05, 0.1) is 10.6 Å². The minimum Gasteiger partial charge on any atom is -0.387 e. The molecule has 0 spiro atoms. The summed E-state index contributed by atoms with van der Waals surface area (Å²) in [5.74, 6) is -3.60. The lowest BCUT2D eigenvalue weighted by molar-refractivity contribution is 0.180. The van der Waals surface area contributed by atoms with E-state index < -0.39 is 28.0 Å². The summed E-state index contributed by atoms with van der Waals surface area (Å²) >= 11 is 2.54. The molecule has 0 amide bonds. The van der Waals surface area contributed by atoms with Crippen molar-refractivity contribution in [3.05, 3.63) is 33.6 Å². The zero-order chi connectivity index (χ0) is 10.9. The van der Waals surface area contributed by atoms with Crippen LogP contribution in [0.3, 0.4) is 0 Å². The zero-order valence-electron chi connectivity index (χ0n) is 6.90. The molecule has 14 heavy (non-hydrogen) atoms. The van der Waals surface area contributed by atoms with Gasteiger partial charge in [0.25, 0.3) is 0 Å². The fourth-order valence-electron chi connectivity index (χ4n) is 0.961. The van der Waals surface area contributed by atoms with Gasteiger partial charge in [0.2, 0.25) is 0 Å². The van der Waals surface area contributed by atoms with Crippen LogP contribution in [0.5, 0.6) is 0 Å². The fraction of sp³-hybridized carbons (Fsp3) is 0.250. The Bertz CT molecular complexity index is 359. The van der Waals surface area contributed by atoms with Crippen molar-refractivity contribution < 1.29 is 18.3 Å². The summed E-state index contributed by atoms with van der Waals surface area (Å²) in [6.45, 7) is -0.269. The van der Waals surface area contributed by atoms with Crippen LogP contribution in [0.15, 0.2) is 10.5 Å². The molecule has 0 aromatic heterocycles. The van der Waals surface area contributed by atoms with E-state index in [0.717, 1.165) is 0 Å². The molecule has 0 aliphatic carbocycles. The summed E-state index contributed by atoms with van der Waals surface area (Å²) in [4.78, 5) is 0. The van der Waals surface area contributed by atoms with Crippen LogP contribution in [0, 0.1) is 17.5 Å². The summed E-state index contributed by atoms with van der Waals surface area (Å²) < 4.78 is 38.1. The van der Waals surface area contributed by atoms with Gasteiger partial charge in [-0.15, -0.1) is 0 Å². The second-order valence-electron chi connectivity index (χ2n) is 2.64. The van der Waals surface area contributed by atoms with E-state index in [9.17, 15) is 18.3 Å². The summed E-state index contributed by atoms with van der Waals surface area (Å²) in [7, 11) is 0. The third-order valence-corrected chi connectivity index (χ3v) is 2.41. The molecule has 0 bridgehead atoms. The molecule has 0 heterocycles. The van der Waals surface area contributed by atoms with Gasteiger partial charge in [0.1, 0.15) is 5.82 Å². The topological polar surface area (TPSA) is 46.2 Å². The minimum atomic E-state index is -1.35. The lowest BCUT2D eigenvalue weighted by Gasteiger charge is -2.11. The van der Waals surface area contributed by atoms with Crippen molar-refractivity contribution in [1.29, 1.82) is 0 Å². The number of hydrogen-bond donors (Lipinski definition) is 2. The summed E-state index contributed by atoms with van der Waals surface area (Å²) in [6.07, 6.45) is -1.35. The van der Waals surface area contributed by atoms with Crippen molar-refractivity contribution >= 4 is 15.9 Å². The third-order valence-electron chi connectivity index (χ3n) is 1.71. The number of benzene rings is 1. The Morgan fingerprint density at radius 2 is 1.93 bits per heavy atom. The Balaban J connectivity index is 3.33. The van der Waals surface area contributed by atoms with Gasteiger partial charge in [-0.2, -0.15) is 0 Å². The van der Waals surface area contributed by atoms with E-state index in [1.54, 1.807) is 0 Å². The van der Waals surface area contributed by atoms with E-state index in [0.29, 0.717) is 6.07 Å². The summed E-state index contributed by atoms with van der Waals surface area (Å²) in [6, 6.07) is 0.590. The molecule has 0 aliphatic heterocycles. The van der Waals surface area contributed by atoms with Crippen LogP contribution in [0.4, 0.5) is 13.2 Å². The average molecular weight is 270 g/mol. The maximum atomic E-state index is 13.2. The predicted molar refractivity (Wildman–Crippen MR) is 48.0 cm³/mol. The van der Waals surface area contributed by atoms with Crippen molar-refractivity contribution in [1.82, 2.24) is 0 Å². The smallest absolute Gasteiger partial charge is 0.175 e.